The van der Waals surface area contributed by atoms with Gasteiger partial charge in [-0.2, -0.15) is 0 Å². The maximum Gasteiger partial charge on any atom is 0.293 e. The topological polar surface area (TPSA) is 113 Å². The van der Waals surface area contributed by atoms with Gasteiger partial charge in [0.2, 0.25) is 0 Å². The van der Waals surface area contributed by atoms with Crippen LogP contribution in [-0.4, -0.2) is 23.3 Å². The Labute approximate surface area is 185 Å². The Kier molecular flexibility index (Phi) is 7.17. The number of para-hydroxylation sites is 1. The predicted octanol–water partition coefficient (Wildman–Crippen LogP) is 4.77. The molecular formula is C24H24N4O4. The van der Waals surface area contributed by atoms with Gasteiger partial charge in [-0.05, 0) is 43.7 Å². The molecule has 0 aliphatic heterocycles. The van der Waals surface area contributed by atoms with Gasteiger partial charge in [0.05, 0.1) is 22.2 Å². The Morgan fingerprint density at radius 2 is 1.62 bits per heavy atom. The lowest BCUT2D eigenvalue weighted by molar-refractivity contribution is -0.384. The highest BCUT2D eigenvalue weighted by atomic mass is 16.6. The Morgan fingerprint density at radius 1 is 0.938 bits per heavy atom. The summed E-state index contributed by atoms with van der Waals surface area (Å²) in [6.45, 7) is 4.21. The van der Waals surface area contributed by atoms with E-state index in [0.717, 1.165) is 5.56 Å². The van der Waals surface area contributed by atoms with Crippen LogP contribution >= 0.6 is 0 Å². The van der Waals surface area contributed by atoms with Crippen LogP contribution in [0.5, 0.6) is 0 Å². The highest BCUT2D eigenvalue weighted by molar-refractivity contribution is 6.09. The van der Waals surface area contributed by atoms with Crippen molar-refractivity contribution in [2.45, 2.75) is 19.9 Å². The minimum Gasteiger partial charge on any atom is -0.380 e. The lowest BCUT2D eigenvalue weighted by Gasteiger charge is -2.16. The number of hydrogen-bond acceptors (Lipinski definition) is 5. The van der Waals surface area contributed by atoms with Crippen LogP contribution in [0, 0.1) is 10.1 Å². The average molecular weight is 432 g/mol. The molecule has 8 heteroatoms. The van der Waals surface area contributed by atoms with E-state index in [1.54, 1.807) is 24.3 Å². The summed E-state index contributed by atoms with van der Waals surface area (Å²) < 4.78 is 0. The van der Waals surface area contributed by atoms with E-state index in [1.165, 1.54) is 18.2 Å². The summed E-state index contributed by atoms with van der Waals surface area (Å²) in [6.07, 6.45) is 0. The van der Waals surface area contributed by atoms with Gasteiger partial charge in [0, 0.05) is 18.2 Å². The zero-order chi connectivity index (χ0) is 23.1. The number of anilines is 2. The molecule has 2 amide bonds. The van der Waals surface area contributed by atoms with Gasteiger partial charge < -0.3 is 16.0 Å². The molecule has 0 saturated carbocycles. The second-order valence-corrected chi connectivity index (χ2v) is 7.12. The summed E-state index contributed by atoms with van der Waals surface area (Å²) in [5.41, 5.74) is 1.82. The van der Waals surface area contributed by atoms with Crippen LogP contribution in [0.2, 0.25) is 0 Å². The molecule has 3 N–H and O–H groups in total. The van der Waals surface area contributed by atoms with Crippen molar-refractivity contribution >= 4 is 28.9 Å². The SMILES string of the molecule is CCNc1ccc(C(=O)Nc2ccccc2C(=O)NC(C)c2ccccc2)cc1[N+](=O)[O-]. The molecule has 32 heavy (non-hydrogen) atoms. The first-order chi connectivity index (χ1) is 15.4. The minimum absolute atomic E-state index is 0.117. The first-order valence-electron chi connectivity index (χ1n) is 10.2. The summed E-state index contributed by atoms with van der Waals surface area (Å²) in [5, 5.41) is 19.9. The molecule has 0 saturated heterocycles. The Hall–Kier alpha value is -4.20. The number of carbonyl (C=O) groups is 2. The van der Waals surface area contributed by atoms with E-state index >= 15 is 0 Å². The third-order valence-corrected chi connectivity index (χ3v) is 4.89. The van der Waals surface area contributed by atoms with Crippen molar-refractivity contribution < 1.29 is 14.5 Å². The quantitative estimate of drug-likeness (QED) is 0.350. The van der Waals surface area contributed by atoms with Crippen molar-refractivity contribution in [2.75, 3.05) is 17.2 Å². The Morgan fingerprint density at radius 3 is 2.31 bits per heavy atom. The van der Waals surface area contributed by atoms with E-state index in [4.69, 9.17) is 0 Å². The number of nitro benzene ring substituents is 1. The molecule has 0 heterocycles. The molecule has 0 spiro atoms. The minimum atomic E-state index is -0.549. The number of benzene rings is 3. The van der Waals surface area contributed by atoms with Crippen LogP contribution in [0.1, 0.15) is 46.2 Å². The maximum absolute atomic E-state index is 12.9. The van der Waals surface area contributed by atoms with Crippen LogP contribution in [-0.2, 0) is 0 Å². The zero-order valence-corrected chi connectivity index (χ0v) is 17.8. The smallest absolute Gasteiger partial charge is 0.293 e. The Balaban J connectivity index is 1.80. The van der Waals surface area contributed by atoms with Crippen molar-refractivity contribution in [2.24, 2.45) is 0 Å². The second-order valence-electron chi connectivity index (χ2n) is 7.12. The number of rotatable bonds is 8. The highest BCUT2D eigenvalue weighted by Crippen LogP contribution is 2.26. The molecule has 0 aromatic heterocycles. The summed E-state index contributed by atoms with van der Waals surface area (Å²) in [6, 6.07) is 20.1. The molecular weight excluding hydrogens is 408 g/mol. The van der Waals surface area contributed by atoms with E-state index < -0.39 is 10.8 Å². The fraction of sp³-hybridized carbons (Fsp3) is 0.167. The molecule has 1 atom stereocenters. The molecule has 0 bridgehead atoms. The number of amides is 2. The van der Waals surface area contributed by atoms with Crippen molar-refractivity contribution in [3.63, 3.8) is 0 Å². The molecule has 3 aromatic rings. The van der Waals surface area contributed by atoms with Crippen molar-refractivity contribution in [1.82, 2.24) is 5.32 Å². The molecule has 164 valence electrons. The Bertz CT molecular complexity index is 1130. The van der Waals surface area contributed by atoms with Gasteiger partial charge in [0.1, 0.15) is 5.69 Å². The van der Waals surface area contributed by atoms with Gasteiger partial charge >= 0.3 is 0 Å². The van der Waals surface area contributed by atoms with E-state index in [-0.39, 0.29) is 23.2 Å². The van der Waals surface area contributed by atoms with Gasteiger partial charge in [-0.1, -0.05) is 42.5 Å². The fourth-order valence-electron chi connectivity index (χ4n) is 3.25. The van der Waals surface area contributed by atoms with Crippen molar-refractivity contribution in [1.29, 1.82) is 0 Å². The second kappa shape index (κ2) is 10.2. The van der Waals surface area contributed by atoms with Gasteiger partial charge in [-0.25, -0.2) is 0 Å². The molecule has 3 aromatic carbocycles. The molecule has 0 fully saturated rings. The first-order valence-corrected chi connectivity index (χ1v) is 10.2. The average Bonchev–Trinajstić information content (AvgIpc) is 2.80. The lowest BCUT2D eigenvalue weighted by Crippen LogP contribution is -2.28. The van der Waals surface area contributed by atoms with Crippen LogP contribution in [0.25, 0.3) is 0 Å². The van der Waals surface area contributed by atoms with Crippen LogP contribution in [0.3, 0.4) is 0 Å². The third kappa shape index (κ3) is 5.28. The fourth-order valence-corrected chi connectivity index (χ4v) is 3.25. The van der Waals surface area contributed by atoms with Crippen LogP contribution in [0.15, 0.2) is 72.8 Å². The van der Waals surface area contributed by atoms with Crippen LogP contribution in [0.4, 0.5) is 17.1 Å². The zero-order valence-electron chi connectivity index (χ0n) is 17.8. The van der Waals surface area contributed by atoms with E-state index in [2.05, 4.69) is 16.0 Å². The number of nitrogens with zero attached hydrogens (tertiary/aromatic N) is 1. The highest BCUT2D eigenvalue weighted by Gasteiger charge is 2.20. The number of nitro groups is 1. The number of carbonyl (C=O) groups excluding carboxylic acids is 2. The number of hydrogen-bond donors (Lipinski definition) is 3. The van der Waals surface area contributed by atoms with Gasteiger partial charge in [-0.15, -0.1) is 0 Å². The van der Waals surface area contributed by atoms with E-state index in [1.807, 2.05) is 44.2 Å². The lowest BCUT2D eigenvalue weighted by atomic mass is 10.1. The van der Waals surface area contributed by atoms with Crippen molar-refractivity contribution in [3.8, 4) is 0 Å². The van der Waals surface area contributed by atoms with Gasteiger partial charge in [-0.3, -0.25) is 19.7 Å². The summed E-state index contributed by atoms with van der Waals surface area (Å²) in [4.78, 5) is 36.5. The monoisotopic (exact) mass is 432 g/mol. The molecule has 0 aliphatic carbocycles. The molecule has 0 aliphatic rings. The first kappa shape index (κ1) is 22.5. The molecule has 8 nitrogen and oxygen atoms in total. The largest absolute Gasteiger partial charge is 0.380 e. The standard InChI is InChI=1S/C24H24N4O4/c1-3-25-21-14-13-18(15-22(21)28(31)32)23(29)27-20-12-8-7-11-19(20)24(30)26-16(2)17-9-5-4-6-10-17/h4-16,25H,3H2,1-2H3,(H,26,30)(H,27,29). The summed E-state index contributed by atoms with van der Waals surface area (Å²) in [7, 11) is 0. The summed E-state index contributed by atoms with van der Waals surface area (Å²) in [5.74, 6) is -0.891. The van der Waals surface area contributed by atoms with E-state index in [0.29, 0.717) is 23.5 Å². The van der Waals surface area contributed by atoms with E-state index in [9.17, 15) is 19.7 Å². The normalized spacial score (nSPS) is 11.3. The molecule has 0 radical (unpaired) electrons. The van der Waals surface area contributed by atoms with Crippen molar-refractivity contribution in [3.05, 3.63) is 99.6 Å². The maximum atomic E-state index is 12.9. The van der Waals surface area contributed by atoms with Crippen LogP contribution < -0.4 is 16.0 Å². The molecule has 1 unspecified atom stereocenters. The third-order valence-electron chi connectivity index (χ3n) is 4.89. The molecule has 3 rings (SSSR count). The number of nitrogens with one attached hydrogen (secondary N) is 3. The predicted molar refractivity (Wildman–Crippen MR) is 124 cm³/mol. The summed E-state index contributed by atoms with van der Waals surface area (Å²) >= 11 is 0. The van der Waals surface area contributed by atoms with Gasteiger partial charge in [0.25, 0.3) is 17.5 Å². The van der Waals surface area contributed by atoms with Gasteiger partial charge in [0.15, 0.2) is 0 Å².